The molecule has 2 heterocycles. The molecule has 2 amide bonds. The maximum atomic E-state index is 14.0. The summed E-state index contributed by atoms with van der Waals surface area (Å²) in [6.45, 7) is 0.684. The monoisotopic (exact) mass is 379 g/mol. The van der Waals surface area contributed by atoms with Crippen molar-refractivity contribution in [1.29, 1.82) is 0 Å². The topological polar surface area (TPSA) is 104 Å². The van der Waals surface area contributed by atoms with E-state index in [2.05, 4.69) is 10.3 Å². The van der Waals surface area contributed by atoms with Crippen molar-refractivity contribution in [2.24, 2.45) is 5.73 Å². The third kappa shape index (κ3) is 3.62. The third-order valence-electron chi connectivity index (χ3n) is 4.33. The normalized spacial score (nSPS) is 21.9. The van der Waals surface area contributed by atoms with Crippen molar-refractivity contribution in [3.63, 3.8) is 0 Å². The maximum Gasteiger partial charge on any atom is 0.260 e. The molecule has 3 N–H and O–H groups in total. The molecule has 2 atom stereocenters. The average Bonchev–Trinajstić information content (AvgIpc) is 2.94. The summed E-state index contributed by atoms with van der Waals surface area (Å²) in [5, 5.41) is 2.95. The van der Waals surface area contributed by atoms with E-state index in [0.717, 1.165) is 0 Å². The van der Waals surface area contributed by atoms with Gasteiger partial charge >= 0.3 is 0 Å². The van der Waals surface area contributed by atoms with Gasteiger partial charge in [0, 0.05) is 18.0 Å². The lowest BCUT2D eigenvalue weighted by Crippen LogP contribution is -2.36. The van der Waals surface area contributed by atoms with E-state index < -0.39 is 30.2 Å². The number of nitrogens with zero attached hydrogens (tertiary/aromatic N) is 1. The highest BCUT2D eigenvalue weighted by atomic mass is 19.2. The van der Waals surface area contributed by atoms with Gasteiger partial charge in [-0.15, -0.1) is 0 Å². The Kier molecular flexibility index (Phi) is 5.11. The van der Waals surface area contributed by atoms with E-state index in [9.17, 15) is 18.4 Å². The highest BCUT2D eigenvalue weighted by Gasteiger charge is 2.48. The molecule has 1 aromatic carbocycles. The molecule has 144 valence electrons. The number of primary amides is 1. The standard InChI is InChI=1S/C18H19F2N3O4/c1-2-26-15-6-11-13(5-12(15)16(21)24)22-4-3-14(11)27-8-10-7-18(20,9-19)17(25)23-10/h3-6,10H,2,7-9H2,1H3,(H2,21,24)(H,23,25)/t10-,18+/m0/s1. The summed E-state index contributed by atoms with van der Waals surface area (Å²) in [5.41, 5.74) is 3.53. The number of nitrogens with two attached hydrogens (primary N) is 1. The second kappa shape index (κ2) is 7.34. The number of rotatable bonds is 7. The lowest BCUT2D eigenvalue weighted by atomic mass is 10.0. The van der Waals surface area contributed by atoms with Gasteiger partial charge in [-0.3, -0.25) is 14.6 Å². The highest BCUT2D eigenvalue weighted by Crippen LogP contribution is 2.32. The second-order valence-corrected chi connectivity index (χ2v) is 6.26. The van der Waals surface area contributed by atoms with Crippen molar-refractivity contribution in [1.82, 2.24) is 10.3 Å². The van der Waals surface area contributed by atoms with Gasteiger partial charge in [-0.2, -0.15) is 0 Å². The van der Waals surface area contributed by atoms with Gasteiger partial charge in [-0.1, -0.05) is 0 Å². The average molecular weight is 379 g/mol. The molecule has 7 nitrogen and oxygen atoms in total. The van der Waals surface area contributed by atoms with Crippen LogP contribution in [-0.4, -0.2) is 48.4 Å². The fourth-order valence-electron chi connectivity index (χ4n) is 3.00. The van der Waals surface area contributed by atoms with Crippen LogP contribution >= 0.6 is 0 Å². The minimum atomic E-state index is -2.51. The first kappa shape index (κ1) is 18.8. The summed E-state index contributed by atoms with van der Waals surface area (Å²) in [6.07, 6.45) is 1.18. The predicted molar refractivity (Wildman–Crippen MR) is 93.3 cm³/mol. The Morgan fingerprint density at radius 1 is 1.41 bits per heavy atom. The molecule has 0 radical (unpaired) electrons. The van der Waals surface area contributed by atoms with Crippen LogP contribution in [0.1, 0.15) is 23.7 Å². The van der Waals surface area contributed by atoms with Gasteiger partial charge in [-0.05, 0) is 25.1 Å². The number of ether oxygens (including phenoxy) is 2. The minimum absolute atomic E-state index is 0.0436. The van der Waals surface area contributed by atoms with E-state index in [4.69, 9.17) is 15.2 Å². The van der Waals surface area contributed by atoms with Gasteiger partial charge in [0.25, 0.3) is 11.8 Å². The number of aromatic nitrogens is 1. The number of halogens is 2. The Labute approximate surface area is 153 Å². The summed E-state index contributed by atoms with van der Waals surface area (Å²) < 4.78 is 37.9. The lowest BCUT2D eigenvalue weighted by molar-refractivity contribution is -0.130. The van der Waals surface area contributed by atoms with Gasteiger partial charge in [0.1, 0.15) is 24.8 Å². The minimum Gasteiger partial charge on any atom is -0.493 e. The van der Waals surface area contributed by atoms with Crippen LogP contribution in [0.2, 0.25) is 0 Å². The summed E-state index contributed by atoms with van der Waals surface area (Å²) in [5.74, 6) is -0.914. The van der Waals surface area contributed by atoms with E-state index in [1.807, 2.05) is 0 Å². The fourth-order valence-corrected chi connectivity index (χ4v) is 3.00. The smallest absolute Gasteiger partial charge is 0.260 e. The van der Waals surface area contributed by atoms with E-state index in [1.165, 1.54) is 12.3 Å². The van der Waals surface area contributed by atoms with Crippen LogP contribution in [0.4, 0.5) is 8.78 Å². The van der Waals surface area contributed by atoms with Crippen LogP contribution < -0.4 is 20.5 Å². The molecule has 0 unspecified atom stereocenters. The number of carbonyl (C=O) groups is 2. The number of carbonyl (C=O) groups excluding carboxylic acids is 2. The molecule has 1 aliphatic rings. The maximum absolute atomic E-state index is 14.0. The van der Waals surface area contributed by atoms with Crippen LogP contribution in [0.25, 0.3) is 10.9 Å². The van der Waals surface area contributed by atoms with Gasteiger partial charge in [0.05, 0.1) is 23.7 Å². The van der Waals surface area contributed by atoms with Crippen molar-refractivity contribution in [3.05, 3.63) is 30.0 Å². The Morgan fingerprint density at radius 3 is 2.81 bits per heavy atom. The molecule has 1 aliphatic heterocycles. The Balaban J connectivity index is 1.86. The summed E-state index contributed by atoms with van der Waals surface area (Å²) >= 11 is 0. The lowest BCUT2D eigenvalue weighted by Gasteiger charge is -2.15. The van der Waals surface area contributed by atoms with Crippen molar-refractivity contribution < 1.29 is 27.8 Å². The van der Waals surface area contributed by atoms with Crippen molar-refractivity contribution in [2.75, 3.05) is 19.9 Å². The number of hydrogen-bond acceptors (Lipinski definition) is 5. The van der Waals surface area contributed by atoms with Crippen LogP contribution in [0.5, 0.6) is 11.5 Å². The van der Waals surface area contributed by atoms with Crippen molar-refractivity contribution >= 4 is 22.7 Å². The molecule has 0 saturated carbocycles. The molecular weight excluding hydrogens is 360 g/mol. The number of hydrogen-bond donors (Lipinski definition) is 2. The SMILES string of the molecule is CCOc1cc2c(OC[C@@H]3C[C@@](F)(CF)C(=O)N3)ccnc2cc1C(N)=O. The Morgan fingerprint density at radius 2 is 2.19 bits per heavy atom. The summed E-state index contributed by atoms with van der Waals surface area (Å²) in [7, 11) is 0. The Bertz CT molecular complexity index is 892. The third-order valence-corrected chi connectivity index (χ3v) is 4.33. The molecule has 0 aliphatic carbocycles. The number of pyridine rings is 1. The number of fused-ring (bicyclic) bond motifs is 1. The molecule has 0 spiro atoms. The first-order valence-corrected chi connectivity index (χ1v) is 8.42. The quantitative estimate of drug-likeness (QED) is 0.762. The predicted octanol–water partition coefficient (Wildman–Crippen LogP) is 1.68. The molecule has 1 saturated heterocycles. The zero-order valence-corrected chi connectivity index (χ0v) is 14.6. The van der Waals surface area contributed by atoms with Gasteiger partial charge in [0.2, 0.25) is 5.67 Å². The van der Waals surface area contributed by atoms with Crippen molar-refractivity contribution in [2.45, 2.75) is 25.1 Å². The van der Waals surface area contributed by atoms with E-state index in [-0.39, 0.29) is 18.6 Å². The highest BCUT2D eigenvalue weighted by molar-refractivity contribution is 6.01. The molecule has 0 bridgehead atoms. The summed E-state index contributed by atoms with van der Waals surface area (Å²) in [4.78, 5) is 27.3. The largest absolute Gasteiger partial charge is 0.493 e. The van der Waals surface area contributed by atoms with Gasteiger partial charge in [-0.25, -0.2) is 8.78 Å². The molecule has 1 fully saturated rings. The number of amides is 2. The van der Waals surface area contributed by atoms with E-state index >= 15 is 0 Å². The van der Waals surface area contributed by atoms with E-state index in [1.54, 1.807) is 19.1 Å². The number of nitrogens with one attached hydrogen (secondary N) is 1. The molecule has 1 aromatic heterocycles. The molecule has 9 heteroatoms. The first-order valence-electron chi connectivity index (χ1n) is 8.42. The Hall–Kier alpha value is -2.97. The van der Waals surface area contributed by atoms with Crippen molar-refractivity contribution in [3.8, 4) is 11.5 Å². The van der Waals surface area contributed by atoms with Crippen LogP contribution in [0.15, 0.2) is 24.4 Å². The van der Waals surface area contributed by atoms with Crippen LogP contribution in [0.3, 0.4) is 0 Å². The molecular formula is C18H19F2N3O4. The summed E-state index contributed by atoms with van der Waals surface area (Å²) in [6, 6.07) is 4.03. The van der Waals surface area contributed by atoms with E-state index in [0.29, 0.717) is 29.0 Å². The van der Waals surface area contributed by atoms with Crippen LogP contribution in [-0.2, 0) is 4.79 Å². The second-order valence-electron chi connectivity index (χ2n) is 6.26. The number of benzene rings is 1. The number of alkyl halides is 2. The fraction of sp³-hybridized carbons (Fsp3) is 0.389. The van der Waals surface area contributed by atoms with Gasteiger partial charge < -0.3 is 20.5 Å². The molecule has 2 aromatic rings. The zero-order valence-electron chi connectivity index (χ0n) is 14.6. The first-order chi connectivity index (χ1) is 12.9. The zero-order chi connectivity index (χ0) is 19.6. The van der Waals surface area contributed by atoms with Crippen LogP contribution in [0, 0.1) is 0 Å². The van der Waals surface area contributed by atoms with Gasteiger partial charge in [0.15, 0.2) is 0 Å². The molecule has 3 rings (SSSR count). The molecule has 27 heavy (non-hydrogen) atoms.